The first-order valence-corrected chi connectivity index (χ1v) is 11.2. The number of nitrogens with zero attached hydrogens (tertiary/aromatic N) is 1. The van der Waals surface area contributed by atoms with E-state index in [2.05, 4.69) is 21.3 Å². The van der Waals surface area contributed by atoms with E-state index in [1.165, 1.54) is 0 Å². The number of nitrogens with one attached hydrogen (secondary N) is 2. The van der Waals surface area contributed by atoms with Crippen molar-refractivity contribution in [1.82, 2.24) is 4.57 Å². The third kappa shape index (κ3) is 4.28. The molecule has 0 saturated carbocycles. The van der Waals surface area contributed by atoms with Crippen LogP contribution in [0.1, 0.15) is 38.6 Å². The monoisotopic (exact) mass is 455 g/mol. The Labute approximate surface area is 197 Å². The highest BCUT2D eigenvalue weighted by Gasteiger charge is 2.28. The second-order valence-electron chi connectivity index (χ2n) is 8.00. The van der Waals surface area contributed by atoms with E-state index in [9.17, 15) is 9.59 Å². The molecule has 4 aromatic rings. The van der Waals surface area contributed by atoms with Crippen LogP contribution in [0, 0.1) is 0 Å². The van der Waals surface area contributed by atoms with Crippen LogP contribution in [-0.4, -0.2) is 16.3 Å². The average Bonchev–Trinajstić information content (AvgIpc) is 3.25. The van der Waals surface area contributed by atoms with Gasteiger partial charge in [0, 0.05) is 35.4 Å². The number of halogens is 1. The number of alkyl halides is 1. The average molecular weight is 456 g/mol. The van der Waals surface area contributed by atoms with Crippen molar-refractivity contribution >= 4 is 34.7 Å². The summed E-state index contributed by atoms with van der Waals surface area (Å²) in [6.45, 7) is 0.710. The minimum absolute atomic E-state index is 0.0379. The molecule has 0 aliphatic carbocycles. The van der Waals surface area contributed by atoms with Crippen LogP contribution in [0.15, 0.2) is 97.2 Å². The fourth-order valence-electron chi connectivity index (χ4n) is 4.11. The molecule has 0 bridgehead atoms. The maximum Gasteiger partial charge on any atom is 0.246 e. The molecule has 33 heavy (non-hydrogen) atoms. The number of ketones is 1. The van der Waals surface area contributed by atoms with Crippen molar-refractivity contribution in [3.8, 4) is 0 Å². The molecule has 2 heterocycles. The highest BCUT2D eigenvalue weighted by molar-refractivity contribution is 6.32. The fraction of sp³-hybridized carbons (Fsp3) is 0.111. The van der Waals surface area contributed by atoms with E-state index < -0.39 is 11.4 Å². The maximum atomic E-state index is 13.5. The summed E-state index contributed by atoms with van der Waals surface area (Å²) >= 11 is 6.31. The molecule has 1 amide bonds. The molecule has 2 atom stereocenters. The van der Waals surface area contributed by atoms with Crippen molar-refractivity contribution in [3.05, 3.63) is 120 Å². The normalized spacial score (nSPS) is 15.4. The Balaban J connectivity index is 1.34. The van der Waals surface area contributed by atoms with Crippen LogP contribution in [0.5, 0.6) is 0 Å². The number of fused-ring (bicyclic) bond motifs is 2. The molecular weight excluding hydrogens is 434 g/mol. The van der Waals surface area contributed by atoms with Crippen LogP contribution in [-0.2, 0) is 11.3 Å². The first-order chi connectivity index (χ1) is 16.1. The van der Waals surface area contributed by atoms with Crippen LogP contribution >= 0.6 is 11.6 Å². The number of amides is 1. The summed E-state index contributed by atoms with van der Waals surface area (Å²) < 4.78 is 2.10. The summed E-state index contributed by atoms with van der Waals surface area (Å²) in [7, 11) is 0. The summed E-state index contributed by atoms with van der Waals surface area (Å²) in [4.78, 5) is 26.0. The molecule has 1 aliphatic heterocycles. The largest absolute Gasteiger partial charge is 0.370 e. The molecule has 5 nitrogen and oxygen atoms in total. The van der Waals surface area contributed by atoms with Crippen molar-refractivity contribution in [1.29, 1.82) is 0 Å². The number of benzene rings is 3. The predicted molar refractivity (Wildman–Crippen MR) is 131 cm³/mol. The van der Waals surface area contributed by atoms with Gasteiger partial charge in [-0.2, -0.15) is 0 Å². The molecule has 164 valence electrons. The summed E-state index contributed by atoms with van der Waals surface area (Å²) in [6, 6.07) is 27.5. The summed E-state index contributed by atoms with van der Waals surface area (Å²) in [5.41, 5.74) is 4.88. The standard InChI is InChI=1S/C27H22ClN3O2/c28-24(18-7-2-1-3-8-18)27(33)29-21-14-12-19(13-15-21)26(32)25-23-11-6-16-31(23)17-20-9-4-5-10-22(20)30-25/h1-16,24-25,30H,17H2,(H,29,33). The second-order valence-corrected chi connectivity index (χ2v) is 8.44. The van der Waals surface area contributed by atoms with E-state index in [1.54, 1.807) is 24.3 Å². The van der Waals surface area contributed by atoms with Crippen molar-refractivity contribution < 1.29 is 9.59 Å². The van der Waals surface area contributed by atoms with Crippen LogP contribution in [0.3, 0.4) is 0 Å². The minimum atomic E-state index is -0.796. The number of hydrogen-bond acceptors (Lipinski definition) is 3. The molecule has 1 aromatic heterocycles. The molecular formula is C27H22ClN3O2. The van der Waals surface area contributed by atoms with Gasteiger partial charge in [-0.25, -0.2) is 0 Å². The maximum absolute atomic E-state index is 13.5. The molecule has 5 rings (SSSR count). The third-order valence-electron chi connectivity index (χ3n) is 5.84. The van der Waals surface area contributed by atoms with Gasteiger partial charge in [-0.3, -0.25) is 9.59 Å². The van der Waals surface area contributed by atoms with Gasteiger partial charge >= 0.3 is 0 Å². The number of para-hydroxylation sites is 1. The lowest BCUT2D eigenvalue weighted by molar-refractivity contribution is -0.116. The van der Waals surface area contributed by atoms with Gasteiger partial charge in [0.1, 0.15) is 11.4 Å². The van der Waals surface area contributed by atoms with E-state index in [-0.39, 0.29) is 11.7 Å². The number of rotatable bonds is 5. The number of hydrogen-bond donors (Lipinski definition) is 2. The molecule has 0 spiro atoms. The fourth-order valence-corrected chi connectivity index (χ4v) is 4.31. The van der Waals surface area contributed by atoms with Gasteiger partial charge in [-0.1, -0.05) is 48.5 Å². The van der Waals surface area contributed by atoms with Gasteiger partial charge in [0.25, 0.3) is 0 Å². The van der Waals surface area contributed by atoms with E-state index >= 15 is 0 Å². The first-order valence-electron chi connectivity index (χ1n) is 10.7. The minimum Gasteiger partial charge on any atom is -0.370 e. The van der Waals surface area contributed by atoms with E-state index in [0.717, 1.165) is 22.5 Å². The Morgan fingerprint density at radius 1 is 0.909 bits per heavy atom. The molecule has 0 saturated heterocycles. The SMILES string of the molecule is O=C(Nc1ccc(C(=O)C2Nc3ccccc3Cn3cccc32)cc1)C(Cl)c1ccccc1. The topological polar surface area (TPSA) is 63.1 Å². The summed E-state index contributed by atoms with van der Waals surface area (Å²) in [5.74, 6) is -0.356. The lowest BCUT2D eigenvalue weighted by atomic mass is 10.0. The van der Waals surface area contributed by atoms with Crippen molar-refractivity contribution in [2.24, 2.45) is 0 Å². The van der Waals surface area contributed by atoms with Gasteiger partial charge in [-0.15, -0.1) is 11.6 Å². The molecule has 6 heteroatoms. The smallest absolute Gasteiger partial charge is 0.246 e. The molecule has 0 radical (unpaired) electrons. The van der Waals surface area contributed by atoms with Crippen molar-refractivity contribution in [2.75, 3.05) is 10.6 Å². The number of Topliss-reactive ketones (excluding diaryl/α,β-unsaturated/α-hetero) is 1. The van der Waals surface area contributed by atoms with Gasteiger partial charge in [0.15, 0.2) is 5.78 Å². The second kappa shape index (κ2) is 8.96. The van der Waals surface area contributed by atoms with Gasteiger partial charge in [-0.05, 0) is 53.6 Å². The zero-order valence-electron chi connectivity index (χ0n) is 17.7. The molecule has 3 aromatic carbocycles. The van der Waals surface area contributed by atoms with Gasteiger partial charge in [0.05, 0.1) is 0 Å². The number of aromatic nitrogens is 1. The first kappa shape index (κ1) is 21.0. The van der Waals surface area contributed by atoms with Crippen molar-refractivity contribution in [3.63, 3.8) is 0 Å². The quantitative estimate of drug-likeness (QED) is 0.295. The zero-order valence-corrected chi connectivity index (χ0v) is 18.5. The number of carbonyl (C=O) groups is 2. The van der Waals surface area contributed by atoms with Crippen LogP contribution in [0.4, 0.5) is 11.4 Å². The van der Waals surface area contributed by atoms with Crippen molar-refractivity contribution in [2.45, 2.75) is 18.0 Å². The molecule has 0 fully saturated rings. The number of carbonyl (C=O) groups excluding carboxylic acids is 2. The van der Waals surface area contributed by atoms with Gasteiger partial charge < -0.3 is 15.2 Å². The molecule has 2 N–H and O–H groups in total. The Morgan fingerprint density at radius 3 is 2.42 bits per heavy atom. The Hall–Kier alpha value is -3.83. The Bertz CT molecular complexity index is 1300. The lowest BCUT2D eigenvalue weighted by Crippen LogP contribution is -2.22. The highest BCUT2D eigenvalue weighted by Crippen LogP contribution is 2.31. The lowest BCUT2D eigenvalue weighted by Gasteiger charge is -2.18. The molecule has 1 aliphatic rings. The van der Waals surface area contributed by atoms with E-state index in [1.807, 2.05) is 66.9 Å². The Kier molecular flexibility index (Phi) is 5.71. The zero-order chi connectivity index (χ0) is 22.8. The van der Waals surface area contributed by atoms with E-state index in [4.69, 9.17) is 11.6 Å². The molecule has 2 unspecified atom stereocenters. The summed E-state index contributed by atoms with van der Waals surface area (Å²) in [6.07, 6.45) is 1.99. The Morgan fingerprint density at radius 2 is 1.64 bits per heavy atom. The number of anilines is 2. The van der Waals surface area contributed by atoms with Crippen LogP contribution < -0.4 is 10.6 Å². The summed E-state index contributed by atoms with van der Waals surface area (Å²) in [5, 5.41) is 5.45. The van der Waals surface area contributed by atoms with Gasteiger partial charge in [0.2, 0.25) is 5.91 Å². The third-order valence-corrected chi connectivity index (χ3v) is 6.29. The predicted octanol–water partition coefficient (Wildman–Crippen LogP) is 5.80. The van der Waals surface area contributed by atoms with Crippen LogP contribution in [0.25, 0.3) is 0 Å². The van der Waals surface area contributed by atoms with E-state index in [0.29, 0.717) is 17.8 Å². The highest BCUT2D eigenvalue weighted by atomic mass is 35.5. The van der Waals surface area contributed by atoms with Crippen LogP contribution in [0.2, 0.25) is 0 Å².